The smallest absolute Gasteiger partial charge is 0.315 e. The molecule has 0 aliphatic heterocycles. The van der Waals surface area contributed by atoms with Crippen molar-refractivity contribution in [1.29, 1.82) is 0 Å². The maximum Gasteiger partial charge on any atom is 0.315 e. The van der Waals surface area contributed by atoms with Crippen LogP contribution in [0.25, 0.3) is 10.9 Å². The summed E-state index contributed by atoms with van der Waals surface area (Å²) in [6.07, 6.45) is 0.798. The number of para-hydroxylation sites is 1. The summed E-state index contributed by atoms with van der Waals surface area (Å²) in [7, 11) is 0. The molecule has 0 saturated carbocycles. The summed E-state index contributed by atoms with van der Waals surface area (Å²) in [6.45, 7) is 4.64. The molecule has 130 valence electrons. The van der Waals surface area contributed by atoms with Gasteiger partial charge in [0.2, 0.25) is 0 Å². The standard InChI is InChI=1S/C20H22BrN3O/c1-13-15(17-8-4-6-10-19(17)23-13)11-12-22-20(25)24-14(2)16-7-3-5-9-18(16)21/h3-10,14,23H,11-12H2,1-2H3,(H2,22,24,25). The number of H-pyrrole nitrogens is 1. The average molecular weight is 400 g/mol. The van der Waals surface area contributed by atoms with E-state index in [2.05, 4.69) is 50.6 Å². The third kappa shape index (κ3) is 4.04. The average Bonchev–Trinajstić information content (AvgIpc) is 2.91. The number of fused-ring (bicyclic) bond motifs is 1. The van der Waals surface area contributed by atoms with Gasteiger partial charge in [-0.1, -0.05) is 52.3 Å². The SMILES string of the molecule is Cc1[nH]c2ccccc2c1CCNC(=O)NC(C)c1ccccc1Br. The number of hydrogen-bond acceptors (Lipinski definition) is 1. The van der Waals surface area contributed by atoms with Crippen molar-refractivity contribution in [3.8, 4) is 0 Å². The van der Waals surface area contributed by atoms with Gasteiger partial charge in [-0.2, -0.15) is 0 Å². The molecule has 2 aromatic carbocycles. The van der Waals surface area contributed by atoms with E-state index >= 15 is 0 Å². The third-order valence-electron chi connectivity index (χ3n) is 4.41. The largest absolute Gasteiger partial charge is 0.358 e. The quantitative estimate of drug-likeness (QED) is 0.564. The number of carbonyl (C=O) groups excluding carboxylic acids is 1. The van der Waals surface area contributed by atoms with E-state index < -0.39 is 0 Å². The molecule has 2 amide bonds. The Labute approximate surface area is 156 Å². The molecule has 25 heavy (non-hydrogen) atoms. The highest BCUT2D eigenvalue weighted by Gasteiger charge is 2.12. The number of halogens is 1. The molecule has 4 nitrogen and oxygen atoms in total. The highest BCUT2D eigenvalue weighted by molar-refractivity contribution is 9.10. The summed E-state index contributed by atoms with van der Waals surface area (Å²) in [6, 6.07) is 15.9. The minimum Gasteiger partial charge on any atom is -0.358 e. The van der Waals surface area contributed by atoms with Gasteiger partial charge in [0, 0.05) is 27.6 Å². The molecular formula is C20H22BrN3O. The fraction of sp³-hybridized carbons (Fsp3) is 0.250. The van der Waals surface area contributed by atoms with Gasteiger partial charge in [0.15, 0.2) is 0 Å². The van der Waals surface area contributed by atoms with Gasteiger partial charge in [0.1, 0.15) is 0 Å². The maximum absolute atomic E-state index is 12.2. The Kier molecular flexibility index (Phi) is 5.43. The molecule has 0 aliphatic rings. The van der Waals surface area contributed by atoms with E-state index in [4.69, 9.17) is 0 Å². The van der Waals surface area contributed by atoms with E-state index in [0.717, 1.165) is 27.7 Å². The number of carbonyl (C=O) groups is 1. The first kappa shape index (κ1) is 17.5. The van der Waals surface area contributed by atoms with Crippen molar-refractivity contribution in [3.63, 3.8) is 0 Å². The lowest BCUT2D eigenvalue weighted by Crippen LogP contribution is -2.38. The van der Waals surface area contributed by atoms with Crippen LogP contribution in [0.2, 0.25) is 0 Å². The van der Waals surface area contributed by atoms with Crippen LogP contribution < -0.4 is 10.6 Å². The fourth-order valence-electron chi connectivity index (χ4n) is 3.11. The lowest BCUT2D eigenvalue weighted by molar-refractivity contribution is 0.238. The first-order valence-electron chi connectivity index (χ1n) is 8.41. The van der Waals surface area contributed by atoms with E-state index in [0.29, 0.717) is 6.54 Å². The zero-order chi connectivity index (χ0) is 17.8. The van der Waals surface area contributed by atoms with E-state index in [1.807, 2.05) is 43.3 Å². The van der Waals surface area contributed by atoms with E-state index in [-0.39, 0.29) is 12.1 Å². The summed E-state index contributed by atoms with van der Waals surface area (Å²) >= 11 is 3.52. The van der Waals surface area contributed by atoms with Crippen molar-refractivity contribution in [1.82, 2.24) is 15.6 Å². The van der Waals surface area contributed by atoms with Crippen molar-refractivity contribution >= 4 is 32.9 Å². The normalized spacial score (nSPS) is 12.1. The van der Waals surface area contributed by atoms with Crippen LogP contribution >= 0.6 is 15.9 Å². The first-order valence-corrected chi connectivity index (χ1v) is 9.20. The summed E-state index contributed by atoms with van der Waals surface area (Å²) in [5.74, 6) is 0. The summed E-state index contributed by atoms with van der Waals surface area (Å²) in [5, 5.41) is 7.16. The Morgan fingerprint density at radius 2 is 1.88 bits per heavy atom. The molecule has 0 bridgehead atoms. The van der Waals surface area contributed by atoms with Crippen LogP contribution in [0.1, 0.15) is 29.8 Å². The minimum atomic E-state index is -0.152. The highest BCUT2D eigenvalue weighted by atomic mass is 79.9. The number of aromatic amines is 1. The summed E-state index contributed by atoms with van der Waals surface area (Å²) in [4.78, 5) is 15.6. The molecule has 3 aromatic rings. The van der Waals surface area contributed by atoms with Crippen LogP contribution in [0.3, 0.4) is 0 Å². The Balaban J connectivity index is 1.56. The number of aromatic nitrogens is 1. The van der Waals surface area contributed by atoms with Crippen LogP contribution in [-0.4, -0.2) is 17.6 Å². The van der Waals surface area contributed by atoms with Gasteiger partial charge >= 0.3 is 6.03 Å². The molecule has 0 spiro atoms. The lowest BCUT2D eigenvalue weighted by Gasteiger charge is -2.16. The molecule has 3 N–H and O–H groups in total. The van der Waals surface area contributed by atoms with Crippen LogP contribution in [0.5, 0.6) is 0 Å². The van der Waals surface area contributed by atoms with Gasteiger partial charge in [-0.05, 0) is 43.5 Å². The number of rotatable bonds is 5. The molecular weight excluding hydrogens is 378 g/mol. The topological polar surface area (TPSA) is 56.9 Å². The van der Waals surface area contributed by atoms with Gasteiger partial charge in [-0.3, -0.25) is 0 Å². The molecule has 1 heterocycles. The monoisotopic (exact) mass is 399 g/mol. The van der Waals surface area contributed by atoms with E-state index in [9.17, 15) is 4.79 Å². The van der Waals surface area contributed by atoms with E-state index in [1.54, 1.807) is 0 Å². The van der Waals surface area contributed by atoms with Crippen LogP contribution in [0, 0.1) is 6.92 Å². The first-order chi connectivity index (χ1) is 12.1. The van der Waals surface area contributed by atoms with Gasteiger partial charge < -0.3 is 15.6 Å². The second-order valence-electron chi connectivity index (χ2n) is 6.17. The second-order valence-corrected chi connectivity index (χ2v) is 7.02. The molecule has 3 rings (SSSR count). The van der Waals surface area contributed by atoms with Gasteiger partial charge in [0.05, 0.1) is 6.04 Å². The number of nitrogens with one attached hydrogen (secondary N) is 3. The predicted octanol–water partition coefficient (Wildman–Crippen LogP) is 4.84. The molecule has 0 aliphatic carbocycles. The number of aryl methyl sites for hydroxylation is 1. The fourth-order valence-corrected chi connectivity index (χ4v) is 3.74. The Hall–Kier alpha value is -2.27. The third-order valence-corrected chi connectivity index (χ3v) is 5.13. The molecule has 1 unspecified atom stereocenters. The summed E-state index contributed by atoms with van der Waals surface area (Å²) in [5.41, 5.74) is 4.62. The number of urea groups is 1. The van der Waals surface area contributed by atoms with Crippen molar-refractivity contribution in [3.05, 3.63) is 69.8 Å². The highest BCUT2D eigenvalue weighted by Crippen LogP contribution is 2.23. The maximum atomic E-state index is 12.2. The predicted molar refractivity (Wildman–Crippen MR) is 106 cm³/mol. The molecule has 0 fully saturated rings. The molecule has 5 heteroatoms. The molecule has 1 atom stereocenters. The van der Waals surface area contributed by atoms with Crippen molar-refractivity contribution in [2.45, 2.75) is 26.3 Å². The van der Waals surface area contributed by atoms with Gasteiger partial charge in [0.25, 0.3) is 0 Å². The van der Waals surface area contributed by atoms with Crippen molar-refractivity contribution in [2.75, 3.05) is 6.54 Å². The minimum absolute atomic E-state index is 0.0644. The van der Waals surface area contributed by atoms with Crippen LogP contribution in [0.15, 0.2) is 53.0 Å². The van der Waals surface area contributed by atoms with Crippen molar-refractivity contribution in [2.24, 2.45) is 0 Å². The summed E-state index contributed by atoms with van der Waals surface area (Å²) < 4.78 is 0.997. The van der Waals surface area contributed by atoms with Crippen molar-refractivity contribution < 1.29 is 4.79 Å². The molecule has 0 radical (unpaired) electrons. The molecule has 0 saturated heterocycles. The zero-order valence-electron chi connectivity index (χ0n) is 14.4. The van der Waals surface area contributed by atoms with E-state index in [1.165, 1.54) is 10.9 Å². The van der Waals surface area contributed by atoms with Gasteiger partial charge in [-0.15, -0.1) is 0 Å². The lowest BCUT2D eigenvalue weighted by atomic mass is 10.1. The number of amides is 2. The van der Waals surface area contributed by atoms with Gasteiger partial charge in [-0.25, -0.2) is 4.79 Å². The number of hydrogen-bond donors (Lipinski definition) is 3. The zero-order valence-corrected chi connectivity index (χ0v) is 16.0. The Bertz CT molecular complexity index is 888. The second kappa shape index (κ2) is 7.74. The Morgan fingerprint density at radius 1 is 1.16 bits per heavy atom. The van der Waals surface area contributed by atoms with Crippen LogP contribution in [0.4, 0.5) is 4.79 Å². The Morgan fingerprint density at radius 3 is 2.68 bits per heavy atom. The van der Waals surface area contributed by atoms with Crippen LogP contribution in [-0.2, 0) is 6.42 Å². The number of benzene rings is 2. The molecule has 1 aromatic heterocycles.